The van der Waals surface area contributed by atoms with Crippen LogP contribution < -0.4 is 5.32 Å². The average molecular weight is 372 g/mol. The van der Waals surface area contributed by atoms with Crippen LogP contribution in [0.5, 0.6) is 0 Å². The van der Waals surface area contributed by atoms with Crippen LogP contribution in [0.15, 0.2) is 64.3 Å². The number of hydrogen-bond donors (Lipinski definition) is 1. The molecule has 3 aromatic rings. The Bertz CT molecular complexity index is 819. The van der Waals surface area contributed by atoms with Gasteiger partial charge in [-0.05, 0) is 24.1 Å². The molecule has 1 aromatic heterocycles. The fourth-order valence-corrected chi connectivity index (χ4v) is 3.91. The number of nitrogens with zero attached hydrogens (tertiary/aromatic N) is 1. The molecule has 0 aliphatic rings. The number of rotatable bonds is 7. The Hall–Kier alpha value is -2.18. The first-order valence-electron chi connectivity index (χ1n) is 7.85. The number of carbonyl (C=O) groups excluding carboxylic acids is 1. The van der Waals surface area contributed by atoms with Gasteiger partial charge in [0.2, 0.25) is 5.91 Å². The lowest BCUT2D eigenvalue weighted by Gasteiger charge is -2.04. The van der Waals surface area contributed by atoms with Gasteiger partial charge in [0.15, 0.2) is 4.34 Å². The molecule has 0 aliphatic carbocycles. The molecule has 6 heteroatoms. The third-order valence-electron chi connectivity index (χ3n) is 3.53. The first kappa shape index (κ1) is 17.6. The van der Waals surface area contributed by atoms with E-state index in [0.717, 1.165) is 21.2 Å². The zero-order valence-corrected chi connectivity index (χ0v) is 15.1. The van der Waals surface area contributed by atoms with E-state index >= 15 is 0 Å². The van der Waals surface area contributed by atoms with Crippen molar-refractivity contribution in [1.82, 2.24) is 10.3 Å². The molecule has 1 N–H and O–H groups in total. The molecule has 0 atom stereocenters. The summed E-state index contributed by atoms with van der Waals surface area (Å²) in [5, 5.41) is 4.88. The Labute approximate surface area is 154 Å². The molecule has 1 heterocycles. The van der Waals surface area contributed by atoms with Crippen molar-refractivity contribution in [3.63, 3.8) is 0 Å². The standard InChI is InChI=1S/C19H17FN2OS2/c20-16-8-6-14(7-9-16)10-11-21-18(23)13-25-19-22-17(12-24-19)15-4-2-1-3-5-15/h1-9,12H,10-11,13H2,(H,21,23). The zero-order valence-electron chi connectivity index (χ0n) is 13.4. The Morgan fingerprint density at radius 2 is 1.88 bits per heavy atom. The zero-order chi connectivity index (χ0) is 17.5. The van der Waals surface area contributed by atoms with Crippen LogP contribution in [-0.2, 0) is 11.2 Å². The van der Waals surface area contributed by atoms with Crippen molar-refractivity contribution in [3.05, 3.63) is 71.4 Å². The van der Waals surface area contributed by atoms with Crippen molar-refractivity contribution in [3.8, 4) is 11.3 Å². The molecule has 128 valence electrons. The average Bonchev–Trinajstić information content (AvgIpc) is 3.11. The summed E-state index contributed by atoms with van der Waals surface area (Å²) in [5.41, 5.74) is 3.01. The molecule has 0 saturated carbocycles. The van der Waals surface area contributed by atoms with Crippen LogP contribution in [-0.4, -0.2) is 23.2 Å². The number of halogens is 1. The van der Waals surface area contributed by atoms with E-state index in [-0.39, 0.29) is 11.7 Å². The van der Waals surface area contributed by atoms with Crippen molar-refractivity contribution in [2.24, 2.45) is 0 Å². The summed E-state index contributed by atoms with van der Waals surface area (Å²) in [6.07, 6.45) is 0.687. The number of hydrogen-bond acceptors (Lipinski definition) is 4. The number of nitrogens with one attached hydrogen (secondary N) is 1. The lowest BCUT2D eigenvalue weighted by molar-refractivity contribution is -0.118. The van der Waals surface area contributed by atoms with Crippen molar-refractivity contribution in [1.29, 1.82) is 0 Å². The van der Waals surface area contributed by atoms with Gasteiger partial charge in [-0.15, -0.1) is 11.3 Å². The van der Waals surface area contributed by atoms with E-state index in [4.69, 9.17) is 0 Å². The normalized spacial score (nSPS) is 10.6. The maximum absolute atomic E-state index is 12.8. The molecule has 0 fully saturated rings. The maximum Gasteiger partial charge on any atom is 0.230 e. The topological polar surface area (TPSA) is 42.0 Å². The van der Waals surface area contributed by atoms with Crippen LogP contribution in [0, 0.1) is 5.82 Å². The molecule has 0 bridgehead atoms. The first-order valence-corrected chi connectivity index (χ1v) is 9.72. The number of amides is 1. The lowest BCUT2D eigenvalue weighted by atomic mass is 10.1. The van der Waals surface area contributed by atoms with E-state index in [2.05, 4.69) is 10.3 Å². The summed E-state index contributed by atoms with van der Waals surface area (Å²) >= 11 is 2.98. The Kier molecular flexibility index (Phi) is 6.19. The van der Waals surface area contributed by atoms with Crippen molar-refractivity contribution in [2.45, 2.75) is 10.8 Å². The molecule has 0 saturated heterocycles. The number of thiazole rings is 1. The Morgan fingerprint density at radius 1 is 1.12 bits per heavy atom. The van der Waals surface area contributed by atoms with Gasteiger partial charge < -0.3 is 5.32 Å². The minimum absolute atomic E-state index is 0.0245. The third-order valence-corrected chi connectivity index (χ3v) is 5.55. The van der Waals surface area contributed by atoms with Crippen LogP contribution >= 0.6 is 23.1 Å². The monoisotopic (exact) mass is 372 g/mol. The first-order chi connectivity index (χ1) is 12.2. The largest absolute Gasteiger partial charge is 0.355 e. The summed E-state index contributed by atoms with van der Waals surface area (Å²) in [6, 6.07) is 16.3. The summed E-state index contributed by atoms with van der Waals surface area (Å²) in [6.45, 7) is 0.540. The third kappa shape index (κ3) is 5.41. The second kappa shape index (κ2) is 8.78. The highest BCUT2D eigenvalue weighted by atomic mass is 32.2. The SMILES string of the molecule is O=C(CSc1nc(-c2ccccc2)cs1)NCCc1ccc(F)cc1. The van der Waals surface area contributed by atoms with Gasteiger partial charge in [-0.3, -0.25) is 4.79 Å². The summed E-state index contributed by atoms with van der Waals surface area (Å²) in [7, 11) is 0. The van der Waals surface area contributed by atoms with E-state index in [1.165, 1.54) is 23.9 Å². The molecular formula is C19H17FN2OS2. The van der Waals surface area contributed by atoms with Gasteiger partial charge in [-0.25, -0.2) is 9.37 Å². The van der Waals surface area contributed by atoms with E-state index < -0.39 is 0 Å². The predicted molar refractivity (Wildman–Crippen MR) is 101 cm³/mol. The summed E-state index contributed by atoms with van der Waals surface area (Å²) in [4.78, 5) is 16.5. The molecule has 0 radical (unpaired) electrons. The molecule has 2 aromatic carbocycles. The van der Waals surface area contributed by atoms with Crippen LogP contribution in [0.25, 0.3) is 11.3 Å². The highest BCUT2D eigenvalue weighted by molar-refractivity contribution is 8.01. The smallest absolute Gasteiger partial charge is 0.230 e. The summed E-state index contributed by atoms with van der Waals surface area (Å²) < 4.78 is 13.7. The number of benzene rings is 2. The minimum Gasteiger partial charge on any atom is -0.355 e. The fourth-order valence-electron chi connectivity index (χ4n) is 2.24. The fraction of sp³-hybridized carbons (Fsp3) is 0.158. The van der Waals surface area contributed by atoms with Gasteiger partial charge in [0.25, 0.3) is 0 Å². The van der Waals surface area contributed by atoms with Crippen molar-refractivity contribution < 1.29 is 9.18 Å². The molecule has 0 aliphatic heterocycles. The van der Waals surface area contributed by atoms with Gasteiger partial charge in [-0.1, -0.05) is 54.2 Å². The van der Waals surface area contributed by atoms with E-state index in [1.807, 2.05) is 35.7 Å². The second-order valence-corrected chi connectivity index (χ2v) is 7.46. The molecule has 3 nitrogen and oxygen atoms in total. The lowest BCUT2D eigenvalue weighted by Crippen LogP contribution is -2.27. The van der Waals surface area contributed by atoms with Gasteiger partial charge >= 0.3 is 0 Å². The van der Waals surface area contributed by atoms with E-state index in [1.54, 1.807) is 23.5 Å². The van der Waals surface area contributed by atoms with E-state index in [0.29, 0.717) is 18.7 Å². The molecule has 1 amide bonds. The van der Waals surface area contributed by atoms with Gasteiger partial charge in [0.1, 0.15) is 5.82 Å². The highest BCUT2D eigenvalue weighted by Gasteiger charge is 2.08. The highest BCUT2D eigenvalue weighted by Crippen LogP contribution is 2.27. The predicted octanol–water partition coefficient (Wildman–Crippen LogP) is 4.40. The maximum atomic E-state index is 12.8. The minimum atomic E-state index is -0.248. The molecule has 3 rings (SSSR count). The van der Waals surface area contributed by atoms with Gasteiger partial charge in [-0.2, -0.15) is 0 Å². The van der Waals surface area contributed by atoms with Crippen LogP contribution in [0.4, 0.5) is 4.39 Å². The van der Waals surface area contributed by atoms with Gasteiger partial charge in [0.05, 0.1) is 11.4 Å². The van der Waals surface area contributed by atoms with Crippen LogP contribution in [0.3, 0.4) is 0 Å². The second-order valence-electron chi connectivity index (χ2n) is 5.38. The molecule has 0 unspecified atom stereocenters. The van der Waals surface area contributed by atoms with E-state index in [9.17, 15) is 9.18 Å². The van der Waals surface area contributed by atoms with Crippen molar-refractivity contribution >= 4 is 29.0 Å². The Morgan fingerprint density at radius 3 is 2.64 bits per heavy atom. The molecule has 0 spiro atoms. The number of carbonyl (C=O) groups is 1. The molecule has 25 heavy (non-hydrogen) atoms. The number of thioether (sulfide) groups is 1. The summed E-state index contributed by atoms with van der Waals surface area (Å²) in [5.74, 6) is 0.0663. The number of aromatic nitrogens is 1. The Balaban J connectivity index is 1.42. The van der Waals surface area contributed by atoms with Crippen LogP contribution in [0.1, 0.15) is 5.56 Å². The van der Waals surface area contributed by atoms with Gasteiger partial charge in [0, 0.05) is 17.5 Å². The quantitative estimate of drug-likeness (QED) is 0.625. The molecular weight excluding hydrogens is 355 g/mol. The van der Waals surface area contributed by atoms with Crippen LogP contribution in [0.2, 0.25) is 0 Å². The van der Waals surface area contributed by atoms with Crippen molar-refractivity contribution in [2.75, 3.05) is 12.3 Å².